The molecule has 2 N–H and O–H groups in total. The van der Waals surface area contributed by atoms with Crippen LogP contribution in [-0.2, 0) is 4.74 Å². The molecule has 31 heavy (non-hydrogen) atoms. The van der Waals surface area contributed by atoms with Crippen LogP contribution in [0.15, 0.2) is 42.6 Å². The van der Waals surface area contributed by atoms with Crippen LogP contribution in [0.25, 0.3) is 0 Å². The van der Waals surface area contributed by atoms with E-state index in [9.17, 15) is 14.4 Å². The molecule has 166 valence electrons. The zero-order valence-corrected chi connectivity index (χ0v) is 18.5. The molecule has 3 rings (SSSR count). The van der Waals surface area contributed by atoms with E-state index in [0.29, 0.717) is 37.2 Å². The summed E-state index contributed by atoms with van der Waals surface area (Å²) in [5, 5.41) is 0. The smallest absolute Gasteiger partial charge is 0.410 e. The van der Waals surface area contributed by atoms with Crippen molar-refractivity contribution in [1.29, 1.82) is 0 Å². The molecular formula is C23H30N4O4. The Morgan fingerprint density at radius 3 is 2.26 bits per heavy atom. The van der Waals surface area contributed by atoms with Crippen LogP contribution in [0.2, 0.25) is 0 Å². The van der Waals surface area contributed by atoms with Gasteiger partial charge in [-0.3, -0.25) is 20.4 Å². The highest BCUT2D eigenvalue weighted by atomic mass is 16.6. The molecule has 0 atom stereocenters. The van der Waals surface area contributed by atoms with Crippen molar-refractivity contribution < 1.29 is 19.1 Å². The molecule has 0 unspecified atom stereocenters. The van der Waals surface area contributed by atoms with Gasteiger partial charge in [0, 0.05) is 30.9 Å². The van der Waals surface area contributed by atoms with Crippen molar-refractivity contribution in [1.82, 2.24) is 20.3 Å². The molecule has 0 radical (unpaired) electrons. The number of piperidine rings is 1. The maximum atomic E-state index is 12.7. The van der Waals surface area contributed by atoms with Gasteiger partial charge in [-0.1, -0.05) is 18.2 Å². The first kappa shape index (κ1) is 22.4. The number of amides is 3. The molecule has 0 saturated carbocycles. The number of nitrogens with one attached hydrogen (secondary N) is 2. The van der Waals surface area contributed by atoms with Crippen molar-refractivity contribution in [2.75, 3.05) is 13.1 Å². The number of carbonyl (C=O) groups excluding carboxylic acids is 3. The number of likely N-dealkylation sites (tertiary alicyclic amines) is 1. The van der Waals surface area contributed by atoms with Crippen LogP contribution >= 0.6 is 0 Å². The lowest BCUT2D eigenvalue weighted by Crippen LogP contribution is -2.44. The second-order valence-corrected chi connectivity index (χ2v) is 8.72. The number of hydrogen-bond donors (Lipinski definition) is 2. The lowest BCUT2D eigenvalue weighted by atomic mass is 10.0. The van der Waals surface area contributed by atoms with Crippen molar-refractivity contribution in [3.05, 3.63) is 59.4 Å². The van der Waals surface area contributed by atoms with E-state index in [-0.39, 0.29) is 23.9 Å². The van der Waals surface area contributed by atoms with E-state index < -0.39 is 5.60 Å². The van der Waals surface area contributed by atoms with E-state index in [0.717, 1.165) is 5.56 Å². The van der Waals surface area contributed by atoms with Crippen molar-refractivity contribution >= 4 is 17.9 Å². The summed E-state index contributed by atoms with van der Waals surface area (Å²) < 4.78 is 7.34. The van der Waals surface area contributed by atoms with Crippen LogP contribution in [0.1, 0.15) is 66.1 Å². The van der Waals surface area contributed by atoms with Gasteiger partial charge in [0.25, 0.3) is 11.8 Å². The Morgan fingerprint density at radius 1 is 0.968 bits per heavy atom. The minimum absolute atomic E-state index is 0.0847. The highest BCUT2D eigenvalue weighted by Gasteiger charge is 2.28. The fourth-order valence-electron chi connectivity index (χ4n) is 3.63. The zero-order valence-electron chi connectivity index (χ0n) is 18.5. The third-order valence-corrected chi connectivity index (χ3v) is 5.20. The Balaban J connectivity index is 1.57. The summed E-state index contributed by atoms with van der Waals surface area (Å²) in [6.07, 6.45) is 2.97. The van der Waals surface area contributed by atoms with Gasteiger partial charge in [-0.15, -0.1) is 0 Å². The lowest BCUT2D eigenvalue weighted by molar-refractivity contribution is 0.0187. The number of hydrogen-bond acceptors (Lipinski definition) is 4. The van der Waals surface area contributed by atoms with Gasteiger partial charge in [0.2, 0.25) is 0 Å². The molecule has 1 aromatic carbocycles. The Kier molecular flexibility index (Phi) is 6.68. The minimum atomic E-state index is -0.525. The van der Waals surface area contributed by atoms with Crippen LogP contribution in [0.4, 0.5) is 4.79 Å². The fourth-order valence-corrected chi connectivity index (χ4v) is 3.63. The number of aromatic nitrogens is 1. The van der Waals surface area contributed by atoms with E-state index in [1.165, 1.54) is 0 Å². The summed E-state index contributed by atoms with van der Waals surface area (Å²) in [5.41, 5.74) is 6.25. The number of aryl methyl sites for hydroxylation is 1. The van der Waals surface area contributed by atoms with Gasteiger partial charge in [-0.2, -0.15) is 0 Å². The second-order valence-electron chi connectivity index (χ2n) is 8.72. The summed E-state index contributed by atoms with van der Waals surface area (Å²) in [6, 6.07) is 10.8. The normalized spacial score (nSPS) is 14.8. The first-order valence-electron chi connectivity index (χ1n) is 10.5. The minimum Gasteiger partial charge on any atom is -0.444 e. The average molecular weight is 427 g/mol. The zero-order chi connectivity index (χ0) is 22.6. The van der Waals surface area contributed by atoms with E-state index in [1.54, 1.807) is 29.2 Å². The molecule has 0 aliphatic carbocycles. The molecule has 0 bridgehead atoms. The molecule has 1 aliphatic rings. The van der Waals surface area contributed by atoms with Crippen molar-refractivity contribution in [3.8, 4) is 0 Å². The number of hydrazine groups is 1. The molecule has 2 heterocycles. The number of nitrogens with zero attached hydrogens (tertiary/aromatic N) is 2. The molecule has 8 heteroatoms. The Morgan fingerprint density at radius 2 is 1.61 bits per heavy atom. The Bertz CT molecular complexity index is 952. The second kappa shape index (κ2) is 9.24. The Labute approximate surface area is 182 Å². The molecule has 1 saturated heterocycles. The molecule has 1 aromatic heterocycles. The van der Waals surface area contributed by atoms with Crippen LogP contribution in [0.5, 0.6) is 0 Å². The molecular weight excluding hydrogens is 396 g/mol. The van der Waals surface area contributed by atoms with Gasteiger partial charge in [-0.25, -0.2) is 4.79 Å². The highest BCUT2D eigenvalue weighted by molar-refractivity contribution is 5.99. The summed E-state index contributed by atoms with van der Waals surface area (Å²) in [5.74, 6) is -0.753. The number of benzene rings is 1. The number of ether oxygens (including phenoxy) is 1. The van der Waals surface area contributed by atoms with E-state index >= 15 is 0 Å². The Hall–Kier alpha value is -3.29. The SMILES string of the molecule is Cc1ccccc1C(=O)NNC(=O)c1cccn1C1CCN(C(=O)OC(C)(C)C)CC1. The van der Waals surface area contributed by atoms with Gasteiger partial charge in [0.15, 0.2) is 0 Å². The summed E-state index contributed by atoms with van der Waals surface area (Å²) in [4.78, 5) is 39.0. The van der Waals surface area contributed by atoms with Crippen molar-refractivity contribution in [3.63, 3.8) is 0 Å². The first-order chi connectivity index (χ1) is 14.7. The van der Waals surface area contributed by atoms with Gasteiger partial charge in [-0.05, 0) is 64.3 Å². The van der Waals surface area contributed by atoms with Crippen LogP contribution in [0.3, 0.4) is 0 Å². The largest absolute Gasteiger partial charge is 0.444 e. The number of rotatable bonds is 3. The molecule has 2 aromatic rings. The monoisotopic (exact) mass is 426 g/mol. The predicted molar refractivity (Wildman–Crippen MR) is 117 cm³/mol. The third kappa shape index (κ3) is 5.65. The molecule has 8 nitrogen and oxygen atoms in total. The number of carbonyl (C=O) groups is 3. The topological polar surface area (TPSA) is 92.7 Å². The van der Waals surface area contributed by atoms with Crippen LogP contribution in [-0.4, -0.2) is 46.1 Å². The maximum Gasteiger partial charge on any atom is 0.410 e. The van der Waals surface area contributed by atoms with E-state index in [2.05, 4.69) is 10.9 Å². The maximum absolute atomic E-state index is 12.7. The average Bonchev–Trinajstić information content (AvgIpc) is 3.21. The van der Waals surface area contributed by atoms with E-state index in [4.69, 9.17) is 4.74 Å². The van der Waals surface area contributed by atoms with Crippen LogP contribution in [0, 0.1) is 6.92 Å². The van der Waals surface area contributed by atoms with E-state index in [1.807, 2.05) is 50.6 Å². The highest BCUT2D eigenvalue weighted by Crippen LogP contribution is 2.25. The van der Waals surface area contributed by atoms with Gasteiger partial charge >= 0.3 is 6.09 Å². The quantitative estimate of drug-likeness (QED) is 0.736. The first-order valence-corrected chi connectivity index (χ1v) is 10.5. The third-order valence-electron chi connectivity index (χ3n) is 5.20. The predicted octanol–water partition coefficient (Wildman–Crippen LogP) is 3.44. The van der Waals surface area contributed by atoms with Gasteiger partial charge < -0.3 is 14.2 Å². The van der Waals surface area contributed by atoms with Crippen molar-refractivity contribution in [2.45, 2.75) is 52.2 Å². The fraction of sp³-hybridized carbons (Fsp3) is 0.435. The summed E-state index contributed by atoms with van der Waals surface area (Å²) in [7, 11) is 0. The van der Waals surface area contributed by atoms with Crippen LogP contribution < -0.4 is 10.9 Å². The van der Waals surface area contributed by atoms with Gasteiger partial charge in [0.05, 0.1) is 0 Å². The molecule has 0 spiro atoms. The molecule has 3 amide bonds. The summed E-state index contributed by atoms with van der Waals surface area (Å²) >= 11 is 0. The molecule has 1 fully saturated rings. The lowest BCUT2D eigenvalue weighted by Gasteiger charge is -2.34. The van der Waals surface area contributed by atoms with Crippen molar-refractivity contribution in [2.24, 2.45) is 0 Å². The summed E-state index contributed by atoms with van der Waals surface area (Å²) in [6.45, 7) is 8.50. The standard InChI is InChI=1S/C23H30N4O4/c1-16-8-5-6-9-18(16)20(28)24-25-21(29)19-10-7-13-27(19)17-11-14-26(15-12-17)22(30)31-23(2,3)4/h5-10,13,17H,11-12,14-15H2,1-4H3,(H,24,28)(H,25,29). The molecule has 1 aliphatic heterocycles. The van der Waals surface area contributed by atoms with Gasteiger partial charge in [0.1, 0.15) is 11.3 Å².